The van der Waals surface area contributed by atoms with Gasteiger partial charge in [0.2, 0.25) is 0 Å². The van der Waals surface area contributed by atoms with Gasteiger partial charge in [-0.25, -0.2) is 0 Å². The molecule has 1 aliphatic rings. The zero-order chi connectivity index (χ0) is 28.4. The van der Waals surface area contributed by atoms with Gasteiger partial charge in [-0.2, -0.15) is 0 Å². The van der Waals surface area contributed by atoms with E-state index in [0.717, 1.165) is 0 Å². The first-order valence-corrected chi connectivity index (χ1v) is 12.1. The van der Waals surface area contributed by atoms with E-state index in [1.807, 2.05) is 0 Å². The minimum absolute atomic E-state index is 0.404. The highest BCUT2D eigenvalue weighted by molar-refractivity contribution is 5.78. The van der Waals surface area contributed by atoms with Crippen LogP contribution in [0.3, 0.4) is 0 Å². The zero-order valence-corrected chi connectivity index (χ0v) is 23.7. The maximum absolute atomic E-state index is 12.9. The molecule has 1 N–H and O–H groups in total. The second-order valence-corrected chi connectivity index (χ2v) is 13.3. The SMILES string of the molecule is CC(C)(C)C(=O)OC[C@H]1OC(O)[C@H](OC(=O)C(C)(C)C)[C@@H](OC(=O)C(C)(C)C)[C@H]1OC(=O)C(C)(C)C. The Morgan fingerprint density at radius 1 is 0.583 bits per heavy atom. The molecule has 0 aliphatic carbocycles. The van der Waals surface area contributed by atoms with Crippen molar-refractivity contribution < 1.29 is 48.0 Å². The highest BCUT2D eigenvalue weighted by Gasteiger charge is 2.54. The summed E-state index contributed by atoms with van der Waals surface area (Å²) in [5.74, 6) is -2.57. The van der Waals surface area contributed by atoms with Crippen LogP contribution in [0.2, 0.25) is 0 Å². The van der Waals surface area contributed by atoms with Gasteiger partial charge in [0, 0.05) is 0 Å². The van der Waals surface area contributed by atoms with Crippen LogP contribution in [0.15, 0.2) is 0 Å². The van der Waals surface area contributed by atoms with Gasteiger partial charge in [-0.3, -0.25) is 19.2 Å². The summed E-state index contributed by atoms with van der Waals surface area (Å²) in [6, 6.07) is 0. The predicted molar refractivity (Wildman–Crippen MR) is 129 cm³/mol. The Hall–Kier alpha value is -2.20. The summed E-state index contributed by atoms with van der Waals surface area (Å²) >= 11 is 0. The van der Waals surface area contributed by atoms with Crippen LogP contribution < -0.4 is 0 Å². The first-order chi connectivity index (χ1) is 16.0. The molecule has 1 rings (SSSR count). The van der Waals surface area contributed by atoms with Crippen LogP contribution >= 0.6 is 0 Å². The van der Waals surface area contributed by atoms with Gasteiger partial charge in [-0.15, -0.1) is 0 Å². The van der Waals surface area contributed by atoms with Crippen molar-refractivity contribution in [3.63, 3.8) is 0 Å². The lowest BCUT2D eigenvalue weighted by Crippen LogP contribution is -2.63. The van der Waals surface area contributed by atoms with Gasteiger partial charge < -0.3 is 28.8 Å². The molecule has 1 saturated heterocycles. The Kier molecular flexibility index (Phi) is 9.77. The summed E-state index contributed by atoms with van der Waals surface area (Å²) in [5.41, 5.74) is -3.68. The number of aliphatic hydroxyl groups is 1. The Bertz CT molecular complexity index is 820. The van der Waals surface area contributed by atoms with Gasteiger partial charge in [-0.1, -0.05) is 0 Å². The van der Waals surface area contributed by atoms with Gasteiger partial charge in [0.05, 0.1) is 21.7 Å². The Labute approximate surface area is 214 Å². The Morgan fingerprint density at radius 2 is 0.917 bits per heavy atom. The number of carbonyl (C=O) groups excluding carboxylic acids is 4. The molecule has 0 aromatic carbocycles. The van der Waals surface area contributed by atoms with Crippen LogP contribution in [0, 0.1) is 21.7 Å². The highest BCUT2D eigenvalue weighted by Crippen LogP contribution is 2.33. The molecule has 1 heterocycles. The topological polar surface area (TPSA) is 135 Å². The van der Waals surface area contributed by atoms with Crippen molar-refractivity contribution in [3.8, 4) is 0 Å². The fraction of sp³-hybridized carbons (Fsp3) is 0.846. The van der Waals surface area contributed by atoms with Crippen LogP contribution in [-0.4, -0.2) is 66.3 Å². The maximum atomic E-state index is 12.9. The summed E-state index contributed by atoms with van der Waals surface area (Å²) in [6.45, 7) is 19.2. The second kappa shape index (κ2) is 11.0. The average molecular weight is 517 g/mol. The molecule has 0 saturated carbocycles. The number of hydrogen-bond acceptors (Lipinski definition) is 10. The first-order valence-electron chi connectivity index (χ1n) is 12.1. The minimum Gasteiger partial charge on any atom is -0.462 e. The zero-order valence-electron chi connectivity index (χ0n) is 23.7. The number of ether oxygens (including phenoxy) is 5. The number of carbonyl (C=O) groups is 4. The van der Waals surface area contributed by atoms with E-state index in [2.05, 4.69) is 0 Å². The van der Waals surface area contributed by atoms with Crippen molar-refractivity contribution in [1.29, 1.82) is 0 Å². The van der Waals surface area contributed by atoms with Gasteiger partial charge >= 0.3 is 23.9 Å². The molecule has 10 heteroatoms. The smallest absolute Gasteiger partial charge is 0.311 e. The molecular weight excluding hydrogens is 472 g/mol. The monoisotopic (exact) mass is 516 g/mol. The molecule has 1 fully saturated rings. The Morgan fingerprint density at radius 3 is 1.28 bits per heavy atom. The molecule has 0 radical (unpaired) electrons. The van der Waals surface area contributed by atoms with Crippen molar-refractivity contribution in [2.75, 3.05) is 6.61 Å². The molecule has 0 aromatic heterocycles. The van der Waals surface area contributed by atoms with Crippen molar-refractivity contribution in [1.82, 2.24) is 0 Å². The summed E-state index contributed by atoms with van der Waals surface area (Å²) in [7, 11) is 0. The van der Waals surface area contributed by atoms with Crippen LogP contribution in [0.1, 0.15) is 83.1 Å². The molecule has 5 atom stereocenters. The third-order valence-corrected chi connectivity index (χ3v) is 5.17. The fourth-order valence-electron chi connectivity index (χ4n) is 2.71. The van der Waals surface area contributed by atoms with Crippen molar-refractivity contribution >= 4 is 23.9 Å². The quantitative estimate of drug-likeness (QED) is 0.429. The first kappa shape index (κ1) is 31.8. The maximum Gasteiger partial charge on any atom is 0.311 e. The van der Waals surface area contributed by atoms with Crippen LogP contribution in [-0.2, 0) is 42.9 Å². The third-order valence-electron chi connectivity index (χ3n) is 5.17. The van der Waals surface area contributed by atoms with Gasteiger partial charge in [-0.05, 0) is 83.1 Å². The fourth-order valence-corrected chi connectivity index (χ4v) is 2.71. The highest BCUT2D eigenvalue weighted by atomic mass is 16.7. The second-order valence-electron chi connectivity index (χ2n) is 13.3. The van der Waals surface area contributed by atoms with E-state index < -0.39 is 82.8 Å². The summed E-state index contributed by atoms with van der Waals surface area (Å²) < 4.78 is 28.0. The molecule has 1 aliphatic heterocycles. The van der Waals surface area contributed by atoms with Crippen LogP contribution in [0.4, 0.5) is 0 Å². The molecule has 1 unspecified atom stereocenters. The van der Waals surface area contributed by atoms with Crippen molar-refractivity contribution in [2.24, 2.45) is 21.7 Å². The van der Waals surface area contributed by atoms with Crippen LogP contribution in [0.5, 0.6) is 0 Å². The van der Waals surface area contributed by atoms with E-state index in [4.69, 9.17) is 23.7 Å². The molecule has 36 heavy (non-hydrogen) atoms. The molecule has 0 spiro atoms. The molecular formula is C26H44O10. The largest absolute Gasteiger partial charge is 0.462 e. The number of esters is 4. The molecule has 0 aromatic rings. The van der Waals surface area contributed by atoms with E-state index in [1.54, 1.807) is 83.1 Å². The summed E-state index contributed by atoms with van der Waals surface area (Å²) in [5, 5.41) is 10.8. The van der Waals surface area contributed by atoms with Gasteiger partial charge in [0.1, 0.15) is 12.7 Å². The Balaban J connectivity index is 3.50. The van der Waals surface area contributed by atoms with Crippen molar-refractivity contribution in [3.05, 3.63) is 0 Å². The van der Waals surface area contributed by atoms with Crippen molar-refractivity contribution in [2.45, 2.75) is 114 Å². The predicted octanol–water partition coefficient (Wildman–Crippen LogP) is 3.17. The number of rotatable bonds is 5. The van der Waals surface area contributed by atoms with Gasteiger partial charge in [0.25, 0.3) is 0 Å². The van der Waals surface area contributed by atoms with Crippen LogP contribution in [0.25, 0.3) is 0 Å². The normalized spacial score (nSPS) is 25.5. The van der Waals surface area contributed by atoms with E-state index in [0.29, 0.717) is 0 Å². The lowest BCUT2D eigenvalue weighted by atomic mass is 9.93. The third kappa shape index (κ3) is 8.73. The van der Waals surface area contributed by atoms with E-state index in [-0.39, 0.29) is 0 Å². The standard InChI is InChI=1S/C26H44O10/c1-23(2,3)19(28)32-13-14-15(34-20(29)24(4,5)6)16(35-21(30)25(7,8)9)17(18(27)33-14)36-22(31)26(10,11)12/h14-18,27H,13H2,1-12H3/t14-,15+,16+,17-,18?/m1/s1. The lowest BCUT2D eigenvalue weighted by molar-refractivity contribution is -0.300. The molecule has 0 bridgehead atoms. The molecule has 0 amide bonds. The number of aliphatic hydroxyl groups excluding tert-OH is 1. The average Bonchev–Trinajstić information content (AvgIpc) is 2.67. The molecule has 10 nitrogen and oxygen atoms in total. The lowest BCUT2D eigenvalue weighted by Gasteiger charge is -2.44. The number of hydrogen-bond donors (Lipinski definition) is 1. The van der Waals surface area contributed by atoms with Gasteiger partial charge in [0.15, 0.2) is 24.6 Å². The van der Waals surface area contributed by atoms with E-state index in [1.165, 1.54) is 0 Å². The van der Waals surface area contributed by atoms with E-state index in [9.17, 15) is 24.3 Å². The minimum atomic E-state index is -1.75. The summed E-state index contributed by atoms with van der Waals surface area (Å²) in [4.78, 5) is 50.8. The van der Waals surface area contributed by atoms with E-state index >= 15 is 0 Å². The molecule has 208 valence electrons. The summed E-state index contributed by atoms with van der Waals surface area (Å²) in [6.07, 6.45) is -7.25.